The molecule has 3 aliphatic rings. The van der Waals surface area contributed by atoms with Crippen molar-refractivity contribution in [3.63, 3.8) is 0 Å². The fourth-order valence-electron chi connectivity index (χ4n) is 4.91. The Hall–Kier alpha value is -3.23. The second-order valence-electron chi connectivity index (χ2n) is 8.35. The van der Waals surface area contributed by atoms with Crippen molar-refractivity contribution < 1.29 is 18.7 Å². The molecule has 3 aliphatic heterocycles. The van der Waals surface area contributed by atoms with Crippen molar-refractivity contribution in [2.75, 3.05) is 37.6 Å². The molecule has 1 aromatic carbocycles. The number of benzene rings is 1. The third-order valence-electron chi connectivity index (χ3n) is 6.57. The molecule has 1 aromatic heterocycles. The Labute approximate surface area is 179 Å². The number of aryl methyl sites for hydroxylation is 1. The van der Waals surface area contributed by atoms with Gasteiger partial charge < -0.3 is 14.5 Å². The minimum absolute atomic E-state index is 0.208. The lowest BCUT2D eigenvalue weighted by molar-refractivity contribution is -0.00321. The van der Waals surface area contributed by atoms with E-state index in [1.807, 2.05) is 13.0 Å². The highest BCUT2D eigenvalue weighted by atomic mass is 19.1. The first-order chi connectivity index (χ1) is 14.9. The number of ether oxygens (including phenoxy) is 1. The molecule has 5 rings (SSSR count). The van der Waals surface area contributed by atoms with Crippen LogP contribution in [0.15, 0.2) is 36.5 Å². The van der Waals surface area contributed by atoms with E-state index in [-0.39, 0.29) is 18.0 Å². The van der Waals surface area contributed by atoms with E-state index in [1.54, 1.807) is 22.1 Å². The smallest absolute Gasteiger partial charge is 0.410 e. The zero-order valence-electron chi connectivity index (χ0n) is 17.3. The summed E-state index contributed by atoms with van der Waals surface area (Å²) in [5.74, 6) is 0.931. The molecule has 1 atom stereocenters. The summed E-state index contributed by atoms with van der Waals surface area (Å²) in [5, 5.41) is 0. The Morgan fingerprint density at radius 2 is 2.00 bits per heavy atom. The van der Waals surface area contributed by atoms with Crippen LogP contribution in [0.1, 0.15) is 29.0 Å². The molecule has 3 saturated heterocycles. The van der Waals surface area contributed by atoms with Crippen LogP contribution in [0.25, 0.3) is 0 Å². The highest BCUT2D eigenvalue weighted by Gasteiger charge is 2.57. The molecular formula is C22H24FN5O3. The first kappa shape index (κ1) is 19.7. The average Bonchev–Trinajstić information content (AvgIpc) is 3.04. The lowest BCUT2D eigenvalue weighted by Crippen LogP contribution is -2.61. The molecule has 8 nitrogen and oxygen atoms in total. The molecule has 0 saturated carbocycles. The first-order valence-electron chi connectivity index (χ1n) is 10.5. The van der Waals surface area contributed by atoms with Gasteiger partial charge in [-0.15, -0.1) is 0 Å². The van der Waals surface area contributed by atoms with Crippen molar-refractivity contribution in [1.29, 1.82) is 0 Å². The molecule has 1 spiro atoms. The number of halogens is 1. The number of anilines is 1. The normalized spacial score (nSPS) is 22.5. The van der Waals surface area contributed by atoms with E-state index in [4.69, 9.17) is 4.74 Å². The molecule has 0 aliphatic carbocycles. The van der Waals surface area contributed by atoms with E-state index < -0.39 is 11.4 Å². The van der Waals surface area contributed by atoms with Gasteiger partial charge in [-0.3, -0.25) is 9.69 Å². The second kappa shape index (κ2) is 7.47. The molecule has 162 valence electrons. The van der Waals surface area contributed by atoms with Crippen LogP contribution in [-0.2, 0) is 4.74 Å². The maximum Gasteiger partial charge on any atom is 0.410 e. The Morgan fingerprint density at radius 1 is 1.19 bits per heavy atom. The summed E-state index contributed by atoms with van der Waals surface area (Å²) < 4.78 is 19.5. The topological polar surface area (TPSA) is 78.9 Å². The Kier molecular flexibility index (Phi) is 4.75. The van der Waals surface area contributed by atoms with Gasteiger partial charge in [-0.2, -0.15) is 0 Å². The SMILES string of the molecule is Cc1nccc(N2CCC3(CC2)OC(=O)N2CCN(C(=O)c4cccc(F)c4)CC23)n1. The number of amides is 2. The zero-order valence-corrected chi connectivity index (χ0v) is 17.3. The number of carbonyl (C=O) groups is 2. The number of piperidine rings is 1. The molecule has 4 heterocycles. The number of nitrogens with zero attached hydrogens (tertiary/aromatic N) is 5. The molecule has 2 aromatic rings. The average molecular weight is 425 g/mol. The van der Waals surface area contributed by atoms with Crippen LogP contribution in [0, 0.1) is 12.7 Å². The highest BCUT2D eigenvalue weighted by molar-refractivity contribution is 5.94. The van der Waals surface area contributed by atoms with Crippen molar-refractivity contribution in [3.05, 3.63) is 53.7 Å². The summed E-state index contributed by atoms with van der Waals surface area (Å²) >= 11 is 0. The van der Waals surface area contributed by atoms with Gasteiger partial charge in [-0.25, -0.2) is 19.2 Å². The first-order valence-corrected chi connectivity index (χ1v) is 10.5. The quantitative estimate of drug-likeness (QED) is 0.734. The van der Waals surface area contributed by atoms with Gasteiger partial charge in [-0.1, -0.05) is 6.07 Å². The van der Waals surface area contributed by atoms with Gasteiger partial charge in [0.1, 0.15) is 23.1 Å². The third kappa shape index (κ3) is 3.47. The van der Waals surface area contributed by atoms with Crippen molar-refractivity contribution in [2.45, 2.75) is 31.4 Å². The summed E-state index contributed by atoms with van der Waals surface area (Å²) in [6, 6.07) is 7.40. The third-order valence-corrected chi connectivity index (χ3v) is 6.57. The van der Waals surface area contributed by atoms with Gasteiger partial charge in [0.2, 0.25) is 0 Å². The Bertz CT molecular complexity index is 1020. The summed E-state index contributed by atoms with van der Waals surface area (Å²) in [4.78, 5) is 39.8. The minimum atomic E-state index is -0.628. The number of fused-ring (bicyclic) bond motifs is 2. The molecule has 2 amide bonds. The van der Waals surface area contributed by atoms with Crippen LogP contribution < -0.4 is 4.90 Å². The lowest BCUT2D eigenvalue weighted by Gasteiger charge is -2.45. The van der Waals surface area contributed by atoms with Crippen molar-refractivity contribution in [3.8, 4) is 0 Å². The zero-order chi connectivity index (χ0) is 21.6. The van der Waals surface area contributed by atoms with Gasteiger partial charge in [0.25, 0.3) is 5.91 Å². The number of piperazine rings is 1. The number of carbonyl (C=O) groups excluding carboxylic acids is 2. The van der Waals surface area contributed by atoms with E-state index in [9.17, 15) is 14.0 Å². The Morgan fingerprint density at radius 3 is 2.74 bits per heavy atom. The summed E-state index contributed by atoms with van der Waals surface area (Å²) in [5.41, 5.74) is -0.307. The molecule has 9 heteroatoms. The maximum atomic E-state index is 13.6. The molecular weight excluding hydrogens is 401 g/mol. The number of rotatable bonds is 2. The second-order valence-corrected chi connectivity index (χ2v) is 8.35. The Balaban J connectivity index is 1.33. The van der Waals surface area contributed by atoms with Crippen LogP contribution in [0.3, 0.4) is 0 Å². The van der Waals surface area contributed by atoms with Crippen LogP contribution in [0.5, 0.6) is 0 Å². The molecule has 31 heavy (non-hydrogen) atoms. The lowest BCUT2D eigenvalue weighted by atomic mass is 9.83. The summed E-state index contributed by atoms with van der Waals surface area (Å²) in [7, 11) is 0. The van der Waals surface area contributed by atoms with Crippen LogP contribution in [0.4, 0.5) is 15.0 Å². The fourth-order valence-corrected chi connectivity index (χ4v) is 4.91. The molecule has 3 fully saturated rings. The van der Waals surface area contributed by atoms with Gasteiger partial charge in [0.05, 0.1) is 6.04 Å². The predicted molar refractivity (Wildman–Crippen MR) is 110 cm³/mol. The van der Waals surface area contributed by atoms with Crippen molar-refractivity contribution >= 4 is 17.8 Å². The van der Waals surface area contributed by atoms with Gasteiger partial charge in [0, 0.05) is 57.3 Å². The molecule has 1 unspecified atom stereocenters. The summed E-state index contributed by atoms with van der Waals surface area (Å²) in [6.45, 7) is 4.47. The van der Waals surface area contributed by atoms with Gasteiger partial charge in [0.15, 0.2) is 0 Å². The van der Waals surface area contributed by atoms with E-state index >= 15 is 0 Å². The van der Waals surface area contributed by atoms with Crippen molar-refractivity contribution in [1.82, 2.24) is 19.8 Å². The predicted octanol–water partition coefficient (Wildman–Crippen LogP) is 2.24. The highest BCUT2D eigenvalue weighted by Crippen LogP contribution is 2.41. The van der Waals surface area contributed by atoms with E-state index in [2.05, 4.69) is 14.9 Å². The van der Waals surface area contributed by atoms with E-state index in [1.165, 1.54) is 18.2 Å². The largest absolute Gasteiger partial charge is 0.440 e. The molecule has 0 radical (unpaired) electrons. The maximum absolute atomic E-state index is 13.6. The van der Waals surface area contributed by atoms with Crippen LogP contribution >= 0.6 is 0 Å². The molecule has 0 N–H and O–H groups in total. The van der Waals surface area contributed by atoms with Gasteiger partial charge in [-0.05, 0) is 31.2 Å². The van der Waals surface area contributed by atoms with Crippen LogP contribution in [-0.4, -0.2) is 76.1 Å². The molecule has 0 bridgehead atoms. The van der Waals surface area contributed by atoms with Crippen molar-refractivity contribution in [2.24, 2.45) is 0 Å². The van der Waals surface area contributed by atoms with Crippen LogP contribution in [0.2, 0.25) is 0 Å². The standard InChI is InChI=1S/C22H24FN5O3/c1-15-24-8-5-19(25-15)26-9-6-22(7-10-26)18-14-27(11-12-28(18)21(30)31-22)20(29)16-3-2-4-17(23)13-16/h2-5,8,13,18H,6-7,9-12,14H2,1H3. The minimum Gasteiger partial charge on any atom is -0.440 e. The van der Waals surface area contributed by atoms with Gasteiger partial charge >= 0.3 is 6.09 Å². The van der Waals surface area contributed by atoms with E-state index in [0.29, 0.717) is 51.1 Å². The fraction of sp³-hybridized carbons (Fsp3) is 0.455. The number of hydrogen-bond acceptors (Lipinski definition) is 6. The van der Waals surface area contributed by atoms with E-state index in [0.717, 1.165) is 11.6 Å². The number of aromatic nitrogens is 2. The number of hydrogen-bond donors (Lipinski definition) is 0. The summed E-state index contributed by atoms with van der Waals surface area (Å²) in [6.07, 6.45) is 2.75. The monoisotopic (exact) mass is 425 g/mol.